The van der Waals surface area contributed by atoms with Crippen LogP contribution in [0.2, 0.25) is 0 Å². The SMILES string of the molecule is CC(OCC(O)CNCCN(C)C1CC1)c1ccccc1. The van der Waals surface area contributed by atoms with Crippen molar-refractivity contribution in [3.8, 4) is 0 Å². The van der Waals surface area contributed by atoms with Gasteiger partial charge in [0.1, 0.15) is 0 Å². The van der Waals surface area contributed by atoms with Crippen LogP contribution in [-0.2, 0) is 4.74 Å². The van der Waals surface area contributed by atoms with Gasteiger partial charge in [0, 0.05) is 25.7 Å². The van der Waals surface area contributed by atoms with Gasteiger partial charge >= 0.3 is 0 Å². The first-order valence-corrected chi connectivity index (χ1v) is 7.92. The average Bonchev–Trinajstić information content (AvgIpc) is 3.34. The van der Waals surface area contributed by atoms with Crippen molar-refractivity contribution >= 4 is 0 Å². The fourth-order valence-corrected chi connectivity index (χ4v) is 2.36. The van der Waals surface area contributed by atoms with Crippen molar-refractivity contribution in [1.29, 1.82) is 0 Å². The summed E-state index contributed by atoms with van der Waals surface area (Å²) >= 11 is 0. The summed E-state index contributed by atoms with van der Waals surface area (Å²) in [6.45, 7) is 4.92. The smallest absolute Gasteiger partial charge is 0.0897 e. The van der Waals surface area contributed by atoms with Gasteiger partial charge in [0.05, 0.1) is 18.8 Å². The molecule has 0 saturated heterocycles. The van der Waals surface area contributed by atoms with E-state index in [1.54, 1.807) is 0 Å². The summed E-state index contributed by atoms with van der Waals surface area (Å²) in [6, 6.07) is 10.9. The third-order valence-corrected chi connectivity index (χ3v) is 4.00. The zero-order valence-corrected chi connectivity index (χ0v) is 13.2. The van der Waals surface area contributed by atoms with Crippen LogP contribution in [0.15, 0.2) is 30.3 Å². The molecule has 2 rings (SSSR count). The van der Waals surface area contributed by atoms with E-state index in [2.05, 4.69) is 17.3 Å². The van der Waals surface area contributed by atoms with Gasteiger partial charge in [-0.2, -0.15) is 0 Å². The third-order valence-electron chi connectivity index (χ3n) is 4.00. The van der Waals surface area contributed by atoms with E-state index in [0.29, 0.717) is 13.2 Å². The molecule has 0 amide bonds. The van der Waals surface area contributed by atoms with Crippen molar-refractivity contribution in [2.75, 3.05) is 33.3 Å². The van der Waals surface area contributed by atoms with Gasteiger partial charge in [0.15, 0.2) is 0 Å². The summed E-state index contributed by atoms with van der Waals surface area (Å²) in [5.41, 5.74) is 1.14. The molecule has 0 aromatic heterocycles. The Kier molecular flexibility index (Phi) is 6.64. The second-order valence-corrected chi connectivity index (χ2v) is 5.96. The van der Waals surface area contributed by atoms with Crippen molar-refractivity contribution < 1.29 is 9.84 Å². The van der Waals surface area contributed by atoms with Gasteiger partial charge in [-0.05, 0) is 32.4 Å². The fourth-order valence-electron chi connectivity index (χ4n) is 2.36. The van der Waals surface area contributed by atoms with Crippen LogP contribution in [0.3, 0.4) is 0 Å². The Balaban J connectivity index is 1.53. The van der Waals surface area contributed by atoms with Gasteiger partial charge < -0.3 is 20.1 Å². The van der Waals surface area contributed by atoms with Crippen LogP contribution in [0.1, 0.15) is 31.4 Å². The highest BCUT2D eigenvalue weighted by Gasteiger charge is 2.25. The molecule has 4 heteroatoms. The Hall–Kier alpha value is -0.940. The molecule has 2 atom stereocenters. The van der Waals surface area contributed by atoms with Crippen molar-refractivity contribution in [3.63, 3.8) is 0 Å². The topological polar surface area (TPSA) is 44.7 Å². The summed E-state index contributed by atoms with van der Waals surface area (Å²) in [7, 11) is 2.17. The molecule has 21 heavy (non-hydrogen) atoms. The maximum absolute atomic E-state index is 9.93. The number of hydrogen-bond donors (Lipinski definition) is 2. The van der Waals surface area contributed by atoms with E-state index in [4.69, 9.17) is 4.74 Å². The van der Waals surface area contributed by atoms with Gasteiger partial charge in [0.2, 0.25) is 0 Å². The number of nitrogens with zero attached hydrogens (tertiary/aromatic N) is 1. The minimum atomic E-state index is -0.456. The van der Waals surface area contributed by atoms with Crippen molar-refractivity contribution in [1.82, 2.24) is 10.2 Å². The largest absolute Gasteiger partial charge is 0.389 e. The van der Waals surface area contributed by atoms with E-state index in [1.807, 2.05) is 37.3 Å². The van der Waals surface area contributed by atoms with Crippen LogP contribution in [0.25, 0.3) is 0 Å². The van der Waals surface area contributed by atoms with Crippen molar-refractivity contribution in [2.45, 2.75) is 38.0 Å². The number of likely N-dealkylation sites (N-methyl/N-ethyl adjacent to an activating group) is 1. The van der Waals surface area contributed by atoms with Gasteiger partial charge in [-0.1, -0.05) is 30.3 Å². The van der Waals surface area contributed by atoms with Crippen LogP contribution >= 0.6 is 0 Å². The Morgan fingerprint density at radius 1 is 1.33 bits per heavy atom. The first-order valence-electron chi connectivity index (χ1n) is 7.92. The Morgan fingerprint density at radius 3 is 2.71 bits per heavy atom. The number of hydrogen-bond acceptors (Lipinski definition) is 4. The van der Waals surface area contributed by atoms with Gasteiger partial charge in [-0.25, -0.2) is 0 Å². The highest BCUT2D eigenvalue weighted by Crippen LogP contribution is 2.24. The van der Waals surface area contributed by atoms with E-state index in [1.165, 1.54) is 12.8 Å². The highest BCUT2D eigenvalue weighted by atomic mass is 16.5. The lowest BCUT2D eigenvalue weighted by molar-refractivity contribution is -0.00207. The summed E-state index contributed by atoms with van der Waals surface area (Å²) in [5.74, 6) is 0. The standard InChI is InChI=1S/C17H28N2O2/c1-14(15-6-4-3-5-7-15)21-13-17(20)12-18-10-11-19(2)16-8-9-16/h3-7,14,16-18,20H,8-13H2,1-2H3. The second-order valence-electron chi connectivity index (χ2n) is 5.96. The number of aliphatic hydroxyl groups excluding tert-OH is 1. The van der Waals surface area contributed by atoms with Crippen molar-refractivity contribution in [3.05, 3.63) is 35.9 Å². The van der Waals surface area contributed by atoms with Crippen LogP contribution in [0.5, 0.6) is 0 Å². The molecule has 1 aliphatic rings. The molecule has 0 aliphatic heterocycles. The van der Waals surface area contributed by atoms with E-state index in [-0.39, 0.29) is 6.10 Å². The van der Waals surface area contributed by atoms with E-state index >= 15 is 0 Å². The average molecular weight is 292 g/mol. The molecule has 2 unspecified atom stereocenters. The minimum absolute atomic E-state index is 0.0156. The van der Waals surface area contributed by atoms with E-state index < -0.39 is 6.10 Å². The van der Waals surface area contributed by atoms with Crippen LogP contribution in [0, 0.1) is 0 Å². The highest BCUT2D eigenvalue weighted by molar-refractivity contribution is 5.16. The third kappa shape index (κ3) is 6.14. The Bertz CT molecular complexity index is 395. The molecule has 1 fully saturated rings. The maximum atomic E-state index is 9.93. The van der Waals surface area contributed by atoms with E-state index in [0.717, 1.165) is 24.7 Å². The predicted octanol–water partition coefficient (Wildman–Crippen LogP) is 1.81. The first kappa shape index (κ1) is 16.4. The number of aliphatic hydroxyl groups is 1. The molecule has 1 aromatic carbocycles. The normalized spacial score (nSPS) is 17.9. The Morgan fingerprint density at radius 2 is 2.05 bits per heavy atom. The minimum Gasteiger partial charge on any atom is -0.389 e. The summed E-state index contributed by atoms with van der Waals surface area (Å²) in [5, 5.41) is 13.2. The molecule has 2 N–H and O–H groups in total. The van der Waals surface area contributed by atoms with Crippen molar-refractivity contribution in [2.24, 2.45) is 0 Å². The maximum Gasteiger partial charge on any atom is 0.0897 e. The molecule has 0 heterocycles. The molecule has 118 valence electrons. The molecule has 1 aliphatic carbocycles. The summed E-state index contributed by atoms with van der Waals surface area (Å²) < 4.78 is 5.72. The lowest BCUT2D eigenvalue weighted by Crippen LogP contribution is -2.36. The summed E-state index contributed by atoms with van der Waals surface area (Å²) in [6.07, 6.45) is 2.23. The molecule has 1 aromatic rings. The molecular weight excluding hydrogens is 264 g/mol. The molecule has 4 nitrogen and oxygen atoms in total. The zero-order valence-electron chi connectivity index (χ0n) is 13.2. The number of ether oxygens (including phenoxy) is 1. The lowest BCUT2D eigenvalue weighted by atomic mass is 10.1. The van der Waals surface area contributed by atoms with E-state index in [9.17, 15) is 5.11 Å². The van der Waals surface area contributed by atoms with Crippen LogP contribution < -0.4 is 5.32 Å². The lowest BCUT2D eigenvalue weighted by Gasteiger charge is -2.19. The number of nitrogens with one attached hydrogen (secondary N) is 1. The number of benzene rings is 1. The quantitative estimate of drug-likeness (QED) is 0.646. The van der Waals surface area contributed by atoms with Crippen LogP contribution in [-0.4, -0.2) is 55.4 Å². The molecule has 0 bridgehead atoms. The van der Waals surface area contributed by atoms with Gasteiger partial charge in [-0.15, -0.1) is 0 Å². The zero-order chi connectivity index (χ0) is 15.1. The monoisotopic (exact) mass is 292 g/mol. The second kappa shape index (κ2) is 8.49. The van der Waals surface area contributed by atoms with Crippen LogP contribution in [0.4, 0.5) is 0 Å². The molecular formula is C17H28N2O2. The molecule has 0 spiro atoms. The first-order chi connectivity index (χ1) is 10.2. The Labute approximate surface area is 128 Å². The number of rotatable bonds is 10. The summed E-state index contributed by atoms with van der Waals surface area (Å²) in [4.78, 5) is 2.38. The molecule has 1 saturated carbocycles. The molecule has 0 radical (unpaired) electrons. The fraction of sp³-hybridized carbons (Fsp3) is 0.647. The predicted molar refractivity (Wildman–Crippen MR) is 85.3 cm³/mol. The van der Waals surface area contributed by atoms with Gasteiger partial charge in [0.25, 0.3) is 0 Å². The van der Waals surface area contributed by atoms with Gasteiger partial charge in [-0.3, -0.25) is 0 Å².